The van der Waals surface area contributed by atoms with Crippen LogP contribution in [0.5, 0.6) is 0 Å². The van der Waals surface area contributed by atoms with Gasteiger partial charge < -0.3 is 4.43 Å². The summed E-state index contributed by atoms with van der Waals surface area (Å²) in [6, 6.07) is 0. The van der Waals surface area contributed by atoms with Crippen molar-refractivity contribution in [2.24, 2.45) is 16.7 Å². The molecule has 2 aliphatic rings. The topological polar surface area (TPSA) is 26.3 Å². The van der Waals surface area contributed by atoms with Crippen molar-refractivity contribution < 1.29 is 9.22 Å². The lowest BCUT2D eigenvalue weighted by atomic mass is 9.58. The summed E-state index contributed by atoms with van der Waals surface area (Å²) in [7, 11) is -0.724. The van der Waals surface area contributed by atoms with Crippen molar-refractivity contribution in [3.8, 4) is 0 Å². The van der Waals surface area contributed by atoms with Gasteiger partial charge in [0, 0.05) is 12.8 Å². The van der Waals surface area contributed by atoms with Crippen LogP contribution in [-0.2, 0) is 9.22 Å². The highest BCUT2D eigenvalue weighted by atomic mass is 28.3. The van der Waals surface area contributed by atoms with Crippen LogP contribution in [-0.4, -0.2) is 20.9 Å². The van der Waals surface area contributed by atoms with Crippen LogP contribution in [0.25, 0.3) is 0 Å². The molecule has 0 aromatic carbocycles. The Morgan fingerprint density at radius 2 is 1.75 bits per heavy atom. The van der Waals surface area contributed by atoms with E-state index in [1.54, 1.807) is 0 Å². The highest BCUT2D eigenvalue weighted by Gasteiger charge is 2.47. The molecule has 1 unspecified atom stereocenters. The summed E-state index contributed by atoms with van der Waals surface area (Å²) in [5, 5.41) is 0. The lowest BCUT2D eigenvalue weighted by molar-refractivity contribution is -0.130. The van der Waals surface area contributed by atoms with Crippen molar-refractivity contribution in [2.45, 2.75) is 84.9 Å². The molecule has 2 rings (SSSR count). The maximum Gasteiger partial charge on any atom is 0.205 e. The van der Waals surface area contributed by atoms with Gasteiger partial charge in [0.25, 0.3) is 0 Å². The standard InChI is InChI=1S/C17H31O2Si/c1-16(2,3)13-6-9-17(10-7-13)11-8-14(18)12-15(17)19-20(4)5/h13,15H,6-12H2,1-5H3. The van der Waals surface area contributed by atoms with Gasteiger partial charge in [-0.25, -0.2) is 0 Å². The van der Waals surface area contributed by atoms with Crippen LogP contribution in [0.1, 0.15) is 65.7 Å². The van der Waals surface area contributed by atoms with Crippen molar-refractivity contribution in [1.29, 1.82) is 0 Å². The summed E-state index contributed by atoms with van der Waals surface area (Å²) in [5.74, 6) is 1.25. The molecular weight excluding hydrogens is 264 g/mol. The predicted octanol–water partition coefficient (Wildman–Crippen LogP) is 4.60. The van der Waals surface area contributed by atoms with Crippen molar-refractivity contribution in [3.05, 3.63) is 0 Å². The molecular formula is C17H31O2Si. The van der Waals surface area contributed by atoms with Gasteiger partial charge in [-0.05, 0) is 61.9 Å². The zero-order valence-corrected chi connectivity index (χ0v) is 14.9. The predicted molar refractivity (Wildman–Crippen MR) is 85.1 cm³/mol. The minimum Gasteiger partial charge on any atom is -0.413 e. The number of carbonyl (C=O) groups is 1. The second-order valence-electron chi connectivity index (χ2n) is 8.26. The van der Waals surface area contributed by atoms with E-state index in [1.165, 1.54) is 25.7 Å². The molecule has 3 heteroatoms. The first-order chi connectivity index (χ1) is 9.23. The van der Waals surface area contributed by atoms with Gasteiger partial charge in [-0.15, -0.1) is 0 Å². The number of ketones is 1. The molecule has 2 aliphatic carbocycles. The molecule has 20 heavy (non-hydrogen) atoms. The molecule has 0 aliphatic heterocycles. The van der Waals surface area contributed by atoms with Gasteiger partial charge in [0.05, 0.1) is 6.10 Å². The van der Waals surface area contributed by atoms with Gasteiger partial charge in [-0.1, -0.05) is 20.8 Å². The average Bonchev–Trinajstić information content (AvgIpc) is 2.33. The smallest absolute Gasteiger partial charge is 0.205 e. The Morgan fingerprint density at radius 3 is 2.25 bits per heavy atom. The molecule has 0 heterocycles. The van der Waals surface area contributed by atoms with Gasteiger partial charge in [0.1, 0.15) is 5.78 Å². The Labute approximate surface area is 126 Å². The molecule has 2 fully saturated rings. The molecule has 0 amide bonds. The van der Waals surface area contributed by atoms with Crippen molar-refractivity contribution in [3.63, 3.8) is 0 Å². The molecule has 0 bridgehead atoms. The second-order valence-corrected chi connectivity index (χ2v) is 10.3. The van der Waals surface area contributed by atoms with Gasteiger partial charge in [0.2, 0.25) is 9.04 Å². The van der Waals surface area contributed by atoms with E-state index in [9.17, 15) is 4.79 Å². The molecule has 2 nitrogen and oxygen atoms in total. The lowest BCUT2D eigenvalue weighted by Gasteiger charge is -2.50. The average molecular weight is 296 g/mol. The summed E-state index contributed by atoms with van der Waals surface area (Å²) < 4.78 is 6.26. The van der Waals surface area contributed by atoms with E-state index in [4.69, 9.17) is 4.43 Å². The summed E-state index contributed by atoms with van der Waals surface area (Å²) >= 11 is 0. The fourth-order valence-corrected chi connectivity index (χ4v) is 5.06. The van der Waals surface area contributed by atoms with Gasteiger partial charge in [0.15, 0.2) is 0 Å². The first-order valence-electron chi connectivity index (χ1n) is 8.21. The molecule has 0 saturated heterocycles. The lowest BCUT2D eigenvalue weighted by Crippen LogP contribution is -2.47. The maximum atomic E-state index is 11.8. The summed E-state index contributed by atoms with van der Waals surface area (Å²) in [6.07, 6.45) is 7.91. The quantitative estimate of drug-likeness (QED) is 0.696. The van der Waals surface area contributed by atoms with Crippen LogP contribution < -0.4 is 0 Å². The van der Waals surface area contributed by atoms with E-state index < -0.39 is 9.04 Å². The van der Waals surface area contributed by atoms with Crippen LogP contribution in [0.15, 0.2) is 0 Å². The third-order valence-electron chi connectivity index (χ3n) is 5.58. The van der Waals surface area contributed by atoms with Crippen molar-refractivity contribution in [2.75, 3.05) is 0 Å². The van der Waals surface area contributed by atoms with Gasteiger partial charge >= 0.3 is 0 Å². The number of carbonyl (C=O) groups excluding carboxylic acids is 1. The Balaban J connectivity index is 2.07. The van der Waals surface area contributed by atoms with Crippen LogP contribution in [0.4, 0.5) is 0 Å². The van der Waals surface area contributed by atoms with Gasteiger partial charge in [-0.3, -0.25) is 4.79 Å². The van der Waals surface area contributed by atoms with E-state index >= 15 is 0 Å². The number of hydrogen-bond donors (Lipinski definition) is 0. The Hall–Kier alpha value is -0.153. The van der Waals surface area contributed by atoms with E-state index in [2.05, 4.69) is 33.9 Å². The van der Waals surface area contributed by atoms with E-state index in [1.807, 2.05) is 0 Å². The third-order valence-corrected chi connectivity index (χ3v) is 6.34. The molecule has 115 valence electrons. The van der Waals surface area contributed by atoms with Crippen LogP contribution in [0.2, 0.25) is 13.1 Å². The molecule has 1 atom stereocenters. The first-order valence-corrected chi connectivity index (χ1v) is 10.6. The molecule has 2 saturated carbocycles. The summed E-state index contributed by atoms with van der Waals surface area (Å²) in [5.41, 5.74) is 0.741. The highest BCUT2D eigenvalue weighted by Crippen LogP contribution is 2.52. The largest absolute Gasteiger partial charge is 0.413 e. The summed E-state index contributed by atoms with van der Waals surface area (Å²) in [6.45, 7) is 11.5. The SMILES string of the molecule is C[Si](C)OC1CC(=O)CCC12CCC(C(C)(C)C)CC2. The normalized spacial score (nSPS) is 35.8. The molecule has 0 aromatic heterocycles. The Bertz CT molecular complexity index is 348. The first kappa shape index (κ1) is 16.2. The molecule has 0 N–H and O–H groups in total. The fraction of sp³-hybridized carbons (Fsp3) is 0.941. The Kier molecular flexibility index (Phi) is 4.80. The Morgan fingerprint density at radius 1 is 1.15 bits per heavy atom. The minimum atomic E-state index is -0.724. The number of hydrogen-bond acceptors (Lipinski definition) is 2. The number of Topliss-reactive ketones (excluding diaryl/α,β-unsaturated/α-hetero) is 1. The zero-order valence-electron chi connectivity index (χ0n) is 13.9. The van der Waals surface area contributed by atoms with E-state index in [0.29, 0.717) is 23.0 Å². The van der Waals surface area contributed by atoms with Crippen molar-refractivity contribution in [1.82, 2.24) is 0 Å². The highest BCUT2D eigenvalue weighted by molar-refractivity contribution is 6.48. The molecule has 0 aromatic rings. The van der Waals surface area contributed by atoms with Crippen molar-refractivity contribution >= 4 is 14.8 Å². The van der Waals surface area contributed by atoms with Crippen LogP contribution in [0, 0.1) is 16.7 Å². The monoisotopic (exact) mass is 295 g/mol. The van der Waals surface area contributed by atoms with E-state index in [0.717, 1.165) is 18.8 Å². The van der Waals surface area contributed by atoms with Crippen LogP contribution >= 0.6 is 0 Å². The fourth-order valence-electron chi connectivity index (χ4n) is 4.16. The molecule has 1 radical (unpaired) electrons. The molecule has 1 spiro atoms. The summed E-state index contributed by atoms with van der Waals surface area (Å²) in [4.78, 5) is 11.8. The van der Waals surface area contributed by atoms with Gasteiger partial charge in [-0.2, -0.15) is 0 Å². The maximum absolute atomic E-state index is 11.8. The minimum absolute atomic E-state index is 0.216. The zero-order chi connectivity index (χ0) is 15.0. The third kappa shape index (κ3) is 3.54. The van der Waals surface area contributed by atoms with E-state index in [-0.39, 0.29) is 6.10 Å². The second kappa shape index (κ2) is 5.92. The van der Waals surface area contributed by atoms with Crippen LogP contribution in [0.3, 0.4) is 0 Å². The number of rotatable bonds is 2.